The highest BCUT2D eigenvalue weighted by molar-refractivity contribution is 7.92. The van der Waals surface area contributed by atoms with Gasteiger partial charge in [-0.05, 0) is 72.5 Å². The predicted octanol–water partition coefficient (Wildman–Crippen LogP) is 4.79. The van der Waals surface area contributed by atoms with E-state index in [2.05, 4.69) is 5.32 Å². The van der Waals surface area contributed by atoms with Crippen molar-refractivity contribution in [3.8, 4) is 5.75 Å². The fraction of sp³-hybridized carbons (Fsp3) is 0.240. The van der Waals surface area contributed by atoms with E-state index in [4.69, 9.17) is 4.74 Å². The third-order valence-corrected chi connectivity index (χ3v) is 7.10. The van der Waals surface area contributed by atoms with E-state index < -0.39 is 28.3 Å². The molecule has 0 aliphatic heterocycles. The summed E-state index contributed by atoms with van der Waals surface area (Å²) in [6.45, 7) is 3.51. The molecule has 0 aliphatic carbocycles. The molecule has 1 N–H and O–H groups in total. The predicted molar refractivity (Wildman–Crippen MR) is 128 cm³/mol. The van der Waals surface area contributed by atoms with Crippen LogP contribution in [0.15, 0.2) is 71.6 Å². The van der Waals surface area contributed by atoms with Crippen LogP contribution in [0.4, 0.5) is 15.8 Å². The zero-order chi connectivity index (χ0) is 24.0. The molecule has 0 unspecified atom stereocenters. The van der Waals surface area contributed by atoms with Crippen molar-refractivity contribution in [1.82, 2.24) is 0 Å². The molecule has 0 fully saturated rings. The quantitative estimate of drug-likeness (QED) is 0.488. The van der Waals surface area contributed by atoms with E-state index >= 15 is 0 Å². The Balaban J connectivity index is 1.97. The molecule has 0 aromatic heterocycles. The molecule has 8 heteroatoms. The summed E-state index contributed by atoms with van der Waals surface area (Å²) in [6, 6.07) is 16.7. The molecule has 0 saturated heterocycles. The van der Waals surface area contributed by atoms with Crippen molar-refractivity contribution in [3.05, 3.63) is 83.7 Å². The van der Waals surface area contributed by atoms with E-state index in [1.54, 1.807) is 0 Å². The minimum Gasteiger partial charge on any atom is -0.497 e. The van der Waals surface area contributed by atoms with Gasteiger partial charge in [0.2, 0.25) is 5.91 Å². The van der Waals surface area contributed by atoms with Gasteiger partial charge in [-0.25, -0.2) is 12.8 Å². The highest BCUT2D eigenvalue weighted by Gasteiger charge is 2.28. The van der Waals surface area contributed by atoms with Crippen molar-refractivity contribution in [2.45, 2.75) is 31.6 Å². The average molecular weight is 471 g/mol. The largest absolute Gasteiger partial charge is 0.497 e. The van der Waals surface area contributed by atoms with E-state index in [9.17, 15) is 17.6 Å². The van der Waals surface area contributed by atoms with Crippen LogP contribution in [0.5, 0.6) is 5.75 Å². The van der Waals surface area contributed by atoms with Gasteiger partial charge in [0.1, 0.15) is 18.1 Å². The van der Waals surface area contributed by atoms with Gasteiger partial charge in [0, 0.05) is 5.69 Å². The summed E-state index contributed by atoms with van der Waals surface area (Å²) >= 11 is 0. The minimum absolute atomic E-state index is 0.0105. The van der Waals surface area contributed by atoms with Gasteiger partial charge in [-0.3, -0.25) is 9.10 Å². The third kappa shape index (κ3) is 5.51. The molecule has 1 amide bonds. The second-order valence-electron chi connectivity index (χ2n) is 7.37. The van der Waals surface area contributed by atoms with Crippen LogP contribution in [0, 0.1) is 5.82 Å². The maximum atomic E-state index is 13.5. The van der Waals surface area contributed by atoms with Crippen molar-refractivity contribution in [3.63, 3.8) is 0 Å². The van der Waals surface area contributed by atoms with Gasteiger partial charge in [0.25, 0.3) is 10.0 Å². The molecule has 0 bridgehead atoms. The van der Waals surface area contributed by atoms with Gasteiger partial charge in [-0.15, -0.1) is 0 Å². The molecule has 0 heterocycles. The van der Waals surface area contributed by atoms with Crippen molar-refractivity contribution in [1.29, 1.82) is 0 Å². The lowest BCUT2D eigenvalue weighted by atomic mass is 10.0. The number of sulfonamides is 1. The Morgan fingerprint density at radius 3 is 2.03 bits per heavy atom. The fourth-order valence-electron chi connectivity index (χ4n) is 3.51. The molecular formula is C25H27FN2O4S. The van der Waals surface area contributed by atoms with Crippen LogP contribution in [0.3, 0.4) is 0 Å². The second kappa shape index (κ2) is 10.5. The van der Waals surface area contributed by atoms with E-state index in [0.29, 0.717) is 11.4 Å². The number of nitrogens with one attached hydrogen (secondary N) is 1. The van der Waals surface area contributed by atoms with Gasteiger partial charge in [0.15, 0.2) is 0 Å². The Kier molecular flexibility index (Phi) is 7.71. The van der Waals surface area contributed by atoms with Gasteiger partial charge >= 0.3 is 0 Å². The number of benzene rings is 3. The van der Waals surface area contributed by atoms with Crippen LogP contribution in [0.1, 0.15) is 25.0 Å². The van der Waals surface area contributed by atoms with Crippen molar-refractivity contribution in [2.24, 2.45) is 0 Å². The van der Waals surface area contributed by atoms with Gasteiger partial charge < -0.3 is 10.1 Å². The summed E-state index contributed by atoms with van der Waals surface area (Å²) in [4.78, 5) is 13.1. The zero-order valence-electron chi connectivity index (χ0n) is 18.8. The molecule has 0 saturated carbocycles. The summed E-state index contributed by atoms with van der Waals surface area (Å²) in [6.07, 6.45) is 1.44. The second-order valence-corrected chi connectivity index (χ2v) is 9.23. The summed E-state index contributed by atoms with van der Waals surface area (Å²) in [5, 5.41) is 2.90. The van der Waals surface area contributed by atoms with Crippen molar-refractivity contribution < 1.29 is 22.3 Å². The first-order valence-electron chi connectivity index (χ1n) is 10.6. The number of halogens is 1. The van der Waals surface area contributed by atoms with Crippen LogP contribution in [-0.4, -0.2) is 28.0 Å². The molecule has 3 aromatic carbocycles. The Morgan fingerprint density at radius 1 is 0.939 bits per heavy atom. The summed E-state index contributed by atoms with van der Waals surface area (Å²) in [7, 11) is -2.63. The van der Waals surface area contributed by atoms with Crippen molar-refractivity contribution in [2.75, 3.05) is 23.3 Å². The van der Waals surface area contributed by atoms with Gasteiger partial charge in [-0.1, -0.05) is 32.0 Å². The highest BCUT2D eigenvalue weighted by Crippen LogP contribution is 2.27. The van der Waals surface area contributed by atoms with E-state index in [-0.39, 0.29) is 10.6 Å². The number of para-hydroxylation sites is 1. The molecule has 0 aliphatic rings. The Hall–Kier alpha value is -3.39. The maximum Gasteiger partial charge on any atom is 0.264 e. The molecule has 0 radical (unpaired) electrons. The molecule has 0 spiro atoms. The minimum atomic E-state index is -4.12. The number of nitrogens with zero attached hydrogens (tertiary/aromatic N) is 1. The lowest BCUT2D eigenvalue weighted by Crippen LogP contribution is -2.38. The number of anilines is 2. The zero-order valence-corrected chi connectivity index (χ0v) is 19.7. The smallest absolute Gasteiger partial charge is 0.264 e. The average Bonchev–Trinajstić information content (AvgIpc) is 2.83. The number of hydrogen-bond acceptors (Lipinski definition) is 4. The molecule has 6 nitrogen and oxygen atoms in total. The lowest BCUT2D eigenvalue weighted by molar-refractivity contribution is -0.114. The van der Waals surface area contributed by atoms with Crippen LogP contribution < -0.4 is 14.4 Å². The molecular weight excluding hydrogens is 443 g/mol. The number of aryl methyl sites for hydroxylation is 2. The first-order chi connectivity index (χ1) is 15.8. The lowest BCUT2D eigenvalue weighted by Gasteiger charge is -2.25. The summed E-state index contributed by atoms with van der Waals surface area (Å²) in [5.74, 6) is -0.496. The van der Waals surface area contributed by atoms with E-state index in [1.165, 1.54) is 43.5 Å². The number of hydrogen-bond donors (Lipinski definition) is 1. The summed E-state index contributed by atoms with van der Waals surface area (Å²) < 4.78 is 46.5. The Morgan fingerprint density at radius 2 is 1.52 bits per heavy atom. The number of amides is 1. The van der Waals surface area contributed by atoms with Gasteiger partial charge in [-0.2, -0.15) is 0 Å². The maximum absolute atomic E-state index is 13.5. The third-order valence-electron chi connectivity index (χ3n) is 5.31. The number of rotatable bonds is 9. The molecule has 3 aromatic rings. The number of ether oxygens (including phenoxy) is 1. The van der Waals surface area contributed by atoms with E-state index in [0.717, 1.165) is 40.4 Å². The van der Waals surface area contributed by atoms with Gasteiger partial charge in [0.05, 0.1) is 17.7 Å². The number of methoxy groups -OCH3 is 1. The monoisotopic (exact) mass is 470 g/mol. The standard InChI is InChI=1S/C25H27FN2O4S/c1-4-18-7-6-8-19(5-2)25(18)27-24(29)17-28(21-11-9-20(26)10-12-21)33(30,31)23-15-13-22(32-3)14-16-23/h6-16H,4-5,17H2,1-3H3,(H,27,29). The van der Waals surface area contributed by atoms with Crippen molar-refractivity contribution >= 4 is 27.3 Å². The summed E-state index contributed by atoms with van der Waals surface area (Å²) in [5.41, 5.74) is 2.82. The Labute approximate surface area is 194 Å². The topological polar surface area (TPSA) is 75.7 Å². The first kappa shape index (κ1) is 24.3. The van der Waals surface area contributed by atoms with Crippen LogP contribution in [0.25, 0.3) is 0 Å². The van der Waals surface area contributed by atoms with Crippen LogP contribution in [0.2, 0.25) is 0 Å². The molecule has 174 valence electrons. The van der Waals surface area contributed by atoms with Crippen LogP contribution >= 0.6 is 0 Å². The molecule has 33 heavy (non-hydrogen) atoms. The number of carbonyl (C=O) groups is 1. The molecule has 0 atom stereocenters. The SMILES string of the molecule is CCc1cccc(CC)c1NC(=O)CN(c1ccc(F)cc1)S(=O)(=O)c1ccc(OC)cc1. The van der Waals surface area contributed by atoms with Crippen LogP contribution in [-0.2, 0) is 27.7 Å². The first-order valence-corrected chi connectivity index (χ1v) is 12.1. The Bertz CT molecular complexity index is 1190. The highest BCUT2D eigenvalue weighted by atomic mass is 32.2. The van der Waals surface area contributed by atoms with E-state index in [1.807, 2.05) is 32.0 Å². The fourth-order valence-corrected chi connectivity index (χ4v) is 4.93. The molecule has 3 rings (SSSR count). The normalized spacial score (nSPS) is 11.2. The number of carbonyl (C=O) groups excluding carboxylic acids is 1.